The van der Waals surface area contributed by atoms with Gasteiger partial charge in [-0.15, -0.1) is 5.10 Å². The number of pyridine rings is 1. The van der Waals surface area contributed by atoms with Crippen LogP contribution in [0.1, 0.15) is 18.5 Å². The molecule has 3 N–H and O–H groups in total. The molecule has 1 aromatic carbocycles. The molecule has 1 unspecified atom stereocenters. The van der Waals surface area contributed by atoms with Gasteiger partial charge in [-0.2, -0.15) is 4.98 Å². The van der Waals surface area contributed by atoms with Gasteiger partial charge in [0.05, 0.1) is 15.6 Å². The number of carbonyl (C=O) groups is 1. The molecule has 0 saturated heterocycles. The van der Waals surface area contributed by atoms with E-state index in [9.17, 15) is 4.79 Å². The number of nitrogens with two attached hydrogens (primary N) is 1. The van der Waals surface area contributed by atoms with Crippen molar-refractivity contribution in [3.8, 4) is 11.4 Å². The molecule has 1 amide bonds. The van der Waals surface area contributed by atoms with Crippen molar-refractivity contribution in [1.29, 1.82) is 0 Å². The Balaban J connectivity index is 1.90. The number of benzene rings is 1. The Bertz CT molecular complexity index is 1080. The maximum absolute atomic E-state index is 12.2. The highest BCUT2D eigenvalue weighted by Crippen LogP contribution is 2.37. The van der Waals surface area contributed by atoms with Crippen molar-refractivity contribution < 1.29 is 4.79 Å². The van der Waals surface area contributed by atoms with Crippen LogP contribution < -0.4 is 11.1 Å². The molecule has 1 aliphatic heterocycles. The summed E-state index contributed by atoms with van der Waals surface area (Å²) in [4.78, 5) is 20.7. The average Bonchev–Trinajstić information content (AvgIpc) is 3.07. The fraction of sp³-hybridized carbons (Fsp3) is 0.111. The lowest BCUT2D eigenvalue weighted by Gasteiger charge is -2.27. The second-order valence-corrected chi connectivity index (χ2v) is 6.86. The molecule has 0 radical (unpaired) electrons. The second kappa shape index (κ2) is 6.68. The zero-order chi connectivity index (χ0) is 19.1. The van der Waals surface area contributed by atoms with Crippen LogP contribution in [0.4, 0.5) is 5.95 Å². The van der Waals surface area contributed by atoms with Gasteiger partial charge in [0.1, 0.15) is 6.04 Å². The predicted octanol–water partition coefficient (Wildman–Crippen LogP) is 3.42. The highest BCUT2D eigenvalue weighted by molar-refractivity contribution is 6.42. The van der Waals surface area contributed by atoms with Crippen molar-refractivity contribution in [2.45, 2.75) is 13.0 Å². The molecule has 0 saturated carbocycles. The number of aromatic nitrogens is 4. The zero-order valence-corrected chi connectivity index (χ0v) is 15.7. The van der Waals surface area contributed by atoms with E-state index in [4.69, 9.17) is 28.9 Å². The second-order valence-electron chi connectivity index (χ2n) is 6.04. The minimum Gasteiger partial charge on any atom is -0.366 e. The summed E-state index contributed by atoms with van der Waals surface area (Å²) in [6.45, 7) is 1.77. The van der Waals surface area contributed by atoms with Crippen LogP contribution in [0.25, 0.3) is 11.4 Å². The van der Waals surface area contributed by atoms with Crippen LogP contribution in [-0.2, 0) is 4.79 Å². The van der Waals surface area contributed by atoms with Crippen molar-refractivity contribution >= 4 is 35.1 Å². The zero-order valence-electron chi connectivity index (χ0n) is 14.1. The Kier molecular flexibility index (Phi) is 4.33. The standard InChI is InChI=1S/C18H14Cl2N6O/c1-9-14(16(21)27)15(11-2-3-12(19)13(20)8-11)26-18(23-9)24-17(25-26)10-4-6-22-7-5-10/h2-8,15H,1H3,(H2,21,27)(H,23,24,25). The van der Waals surface area contributed by atoms with Crippen molar-refractivity contribution in [2.24, 2.45) is 5.73 Å². The molecular weight excluding hydrogens is 387 g/mol. The number of primary amides is 1. The van der Waals surface area contributed by atoms with Gasteiger partial charge in [0.2, 0.25) is 11.9 Å². The van der Waals surface area contributed by atoms with Crippen LogP contribution in [0, 0.1) is 0 Å². The molecule has 0 fully saturated rings. The highest BCUT2D eigenvalue weighted by Gasteiger charge is 2.33. The summed E-state index contributed by atoms with van der Waals surface area (Å²) in [6, 6.07) is 8.22. The van der Waals surface area contributed by atoms with Gasteiger partial charge in [-0.05, 0) is 36.8 Å². The third-order valence-electron chi connectivity index (χ3n) is 4.32. The molecule has 4 rings (SSSR count). The molecule has 7 nitrogen and oxygen atoms in total. The van der Waals surface area contributed by atoms with Crippen LogP contribution in [0.5, 0.6) is 0 Å². The SMILES string of the molecule is CC1=C(C(N)=O)C(c2ccc(Cl)c(Cl)c2)n2nc(-c3ccncc3)nc2N1. The summed E-state index contributed by atoms with van der Waals surface area (Å²) in [5, 5.41) is 8.50. The van der Waals surface area contributed by atoms with Crippen LogP contribution in [0.3, 0.4) is 0 Å². The first-order chi connectivity index (χ1) is 13.0. The number of hydrogen-bond donors (Lipinski definition) is 2. The number of allylic oxidation sites excluding steroid dienone is 1. The predicted molar refractivity (Wildman–Crippen MR) is 103 cm³/mol. The van der Waals surface area contributed by atoms with E-state index in [2.05, 4.69) is 20.4 Å². The summed E-state index contributed by atoms with van der Waals surface area (Å²) in [5.41, 5.74) is 8.19. The Hall–Kier alpha value is -2.90. The maximum atomic E-state index is 12.2. The number of nitrogens with zero attached hydrogens (tertiary/aromatic N) is 4. The average molecular weight is 401 g/mol. The number of fused-ring (bicyclic) bond motifs is 1. The van der Waals surface area contributed by atoms with Crippen molar-refractivity contribution in [1.82, 2.24) is 19.7 Å². The monoisotopic (exact) mass is 400 g/mol. The number of carbonyl (C=O) groups excluding carboxylic acids is 1. The van der Waals surface area contributed by atoms with E-state index in [1.165, 1.54) is 0 Å². The quantitative estimate of drug-likeness (QED) is 0.701. The lowest BCUT2D eigenvalue weighted by molar-refractivity contribution is -0.115. The number of halogens is 2. The molecule has 0 spiro atoms. The van der Waals surface area contributed by atoms with E-state index in [-0.39, 0.29) is 0 Å². The molecule has 3 aromatic rings. The normalized spacial score (nSPS) is 16.0. The largest absolute Gasteiger partial charge is 0.366 e. The first kappa shape index (κ1) is 17.5. The van der Waals surface area contributed by atoms with Gasteiger partial charge in [0.15, 0.2) is 5.82 Å². The number of amides is 1. The minimum absolute atomic E-state index is 0.380. The Morgan fingerprint density at radius 3 is 2.59 bits per heavy atom. The Morgan fingerprint density at radius 1 is 1.19 bits per heavy atom. The van der Waals surface area contributed by atoms with Gasteiger partial charge in [-0.3, -0.25) is 9.78 Å². The number of hydrogen-bond acceptors (Lipinski definition) is 5. The Morgan fingerprint density at radius 2 is 1.93 bits per heavy atom. The Labute approximate surface area is 164 Å². The lowest BCUT2D eigenvalue weighted by Crippen LogP contribution is -2.31. The van der Waals surface area contributed by atoms with E-state index in [0.717, 1.165) is 11.1 Å². The number of nitrogens with one attached hydrogen (secondary N) is 1. The summed E-state index contributed by atoms with van der Waals surface area (Å²) >= 11 is 12.2. The smallest absolute Gasteiger partial charge is 0.248 e. The molecule has 9 heteroatoms. The van der Waals surface area contributed by atoms with Crippen molar-refractivity contribution in [3.63, 3.8) is 0 Å². The molecule has 27 heavy (non-hydrogen) atoms. The van der Waals surface area contributed by atoms with Crippen LogP contribution in [0.2, 0.25) is 10.0 Å². The van der Waals surface area contributed by atoms with Gasteiger partial charge in [0, 0.05) is 23.7 Å². The topological polar surface area (TPSA) is 98.7 Å². The summed E-state index contributed by atoms with van der Waals surface area (Å²) < 4.78 is 1.63. The molecular formula is C18H14Cl2N6O. The molecule has 0 bridgehead atoms. The fourth-order valence-corrected chi connectivity index (χ4v) is 3.39. The van der Waals surface area contributed by atoms with Gasteiger partial charge >= 0.3 is 0 Å². The van der Waals surface area contributed by atoms with Crippen LogP contribution in [-0.4, -0.2) is 25.7 Å². The maximum Gasteiger partial charge on any atom is 0.248 e. The van der Waals surface area contributed by atoms with E-state index in [1.807, 2.05) is 12.1 Å². The van der Waals surface area contributed by atoms with Gasteiger partial charge in [0.25, 0.3) is 0 Å². The minimum atomic E-state index is -0.573. The summed E-state index contributed by atoms with van der Waals surface area (Å²) in [5.74, 6) is 0.451. The van der Waals surface area contributed by atoms with Crippen molar-refractivity contribution in [3.05, 3.63) is 69.6 Å². The first-order valence-electron chi connectivity index (χ1n) is 8.05. The summed E-state index contributed by atoms with van der Waals surface area (Å²) in [6.07, 6.45) is 3.33. The van der Waals surface area contributed by atoms with Crippen LogP contribution in [0.15, 0.2) is 54.0 Å². The highest BCUT2D eigenvalue weighted by atomic mass is 35.5. The molecule has 2 aromatic heterocycles. The molecule has 136 valence electrons. The molecule has 0 aliphatic carbocycles. The molecule has 1 aliphatic rings. The van der Waals surface area contributed by atoms with E-state index in [1.54, 1.807) is 42.2 Å². The molecule has 1 atom stereocenters. The number of rotatable bonds is 3. The van der Waals surface area contributed by atoms with E-state index >= 15 is 0 Å². The van der Waals surface area contributed by atoms with Gasteiger partial charge < -0.3 is 11.1 Å². The van der Waals surface area contributed by atoms with Gasteiger partial charge in [-0.1, -0.05) is 29.3 Å². The van der Waals surface area contributed by atoms with E-state index in [0.29, 0.717) is 33.1 Å². The third kappa shape index (κ3) is 3.05. The van der Waals surface area contributed by atoms with Crippen LogP contribution >= 0.6 is 23.2 Å². The van der Waals surface area contributed by atoms with Crippen molar-refractivity contribution in [2.75, 3.05) is 5.32 Å². The third-order valence-corrected chi connectivity index (χ3v) is 5.05. The molecule has 3 heterocycles. The van der Waals surface area contributed by atoms with E-state index < -0.39 is 11.9 Å². The number of anilines is 1. The van der Waals surface area contributed by atoms with Gasteiger partial charge in [-0.25, -0.2) is 4.68 Å². The lowest BCUT2D eigenvalue weighted by atomic mass is 9.95. The fourth-order valence-electron chi connectivity index (χ4n) is 3.08. The summed E-state index contributed by atoms with van der Waals surface area (Å²) in [7, 11) is 0. The first-order valence-corrected chi connectivity index (χ1v) is 8.81.